The van der Waals surface area contributed by atoms with Crippen molar-refractivity contribution < 1.29 is 74.5 Å². The van der Waals surface area contributed by atoms with Crippen molar-refractivity contribution in [3.63, 3.8) is 0 Å². The van der Waals surface area contributed by atoms with Gasteiger partial charge in [-0.05, 0) is 60.7 Å². The van der Waals surface area contributed by atoms with Crippen molar-refractivity contribution in [1.82, 2.24) is 0 Å². The number of carbonyl (C=O) groups is 5. The van der Waals surface area contributed by atoms with E-state index in [1.165, 1.54) is 92.0 Å². The Morgan fingerprint density at radius 1 is 0.468 bits per heavy atom. The minimum Gasteiger partial charge on any atom is -0.457 e. The topological polar surface area (TPSA) is 206 Å². The summed E-state index contributed by atoms with van der Waals surface area (Å²) in [6, 6.07) is 13.6. The average molecular weight is 651 g/mol. The Morgan fingerprint density at radius 3 is 1.23 bits per heavy atom. The lowest BCUT2D eigenvalue weighted by molar-refractivity contribution is -0.283. The van der Waals surface area contributed by atoms with Gasteiger partial charge in [0.2, 0.25) is 41.2 Å². The Bertz CT molecular complexity index is 1770. The Morgan fingerprint density at radius 2 is 0.830 bits per heavy atom. The molecule has 242 valence electrons. The van der Waals surface area contributed by atoms with Gasteiger partial charge in [-0.2, -0.15) is 0 Å². The molecule has 0 amide bonds. The van der Waals surface area contributed by atoms with Crippen molar-refractivity contribution in [3.8, 4) is 0 Å². The Labute approximate surface area is 262 Å². The van der Waals surface area contributed by atoms with Crippen molar-refractivity contribution in [2.45, 2.75) is 30.7 Å². The van der Waals surface area contributed by atoms with E-state index in [4.69, 9.17) is 50.5 Å². The van der Waals surface area contributed by atoms with Crippen LogP contribution in [0.1, 0.15) is 52.8 Å². The van der Waals surface area contributed by atoms with Crippen molar-refractivity contribution in [2.75, 3.05) is 6.61 Å². The van der Waals surface area contributed by atoms with Crippen LogP contribution >= 0.6 is 0 Å². The highest BCUT2D eigenvalue weighted by molar-refractivity contribution is 5.89. The molecule has 0 saturated carbocycles. The molecule has 0 unspecified atom stereocenters. The first-order valence-corrected chi connectivity index (χ1v) is 13.7. The minimum atomic E-state index is -1.88. The van der Waals surface area contributed by atoms with Crippen LogP contribution in [0.2, 0.25) is 0 Å². The van der Waals surface area contributed by atoms with Crippen molar-refractivity contribution in [1.29, 1.82) is 0 Å². The fraction of sp³-hybridized carbons (Fsp3) is 0.194. The molecule has 5 atom stereocenters. The van der Waals surface area contributed by atoms with Crippen LogP contribution in [-0.2, 0) is 28.4 Å². The van der Waals surface area contributed by atoms with Gasteiger partial charge >= 0.3 is 29.8 Å². The van der Waals surface area contributed by atoms with Crippen molar-refractivity contribution in [3.05, 3.63) is 121 Å². The number of ether oxygens (including phenoxy) is 6. The molecule has 16 heteroatoms. The van der Waals surface area contributed by atoms with Gasteiger partial charge in [0.05, 0.1) is 31.3 Å². The normalized spacial score (nSPS) is 20.6. The average Bonchev–Trinajstić information content (AvgIpc) is 3.92. The second-order valence-electron chi connectivity index (χ2n) is 9.54. The standard InChI is InChI=1S/C31H22O16/c32-26(17-6-1-11-37-17)42-16-22-23(44-27(33)18-7-2-12-38-18)24(45-28(34)19-8-3-13-39-19)25(46-29(35)20-9-4-14-40-20)31(43-22)47-30(36)21-10-5-15-41-21/h1-15,22-25,31H,16H2/t22-,23-,24+,25-,31+/m0/s1. The first kappa shape index (κ1) is 30.7. The molecule has 1 aliphatic heterocycles. The van der Waals surface area contributed by atoms with E-state index in [1.54, 1.807) is 0 Å². The molecular formula is C31H22O16. The van der Waals surface area contributed by atoms with E-state index in [-0.39, 0.29) is 28.8 Å². The summed E-state index contributed by atoms with van der Waals surface area (Å²) in [6.07, 6.45) is -2.69. The SMILES string of the molecule is O=C(OC[C@@H]1O[C@H](OC(=O)c2ccco2)[C@@H](OC(=O)c2ccco2)[C@H](OC(=O)c2ccco2)[C@H]1OC(=O)c1ccco1)c1ccco1. The molecule has 5 aromatic heterocycles. The molecular weight excluding hydrogens is 628 g/mol. The zero-order valence-electron chi connectivity index (χ0n) is 23.8. The van der Waals surface area contributed by atoms with Crippen LogP contribution in [-0.4, -0.2) is 67.2 Å². The van der Waals surface area contributed by atoms with E-state index in [1.807, 2.05) is 0 Å². The van der Waals surface area contributed by atoms with Gasteiger partial charge in [0.25, 0.3) is 0 Å². The number of rotatable bonds is 11. The lowest BCUT2D eigenvalue weighted by atomic mass is 9.98. The van der Waals surface area contributed by atoms with Crippen LogP contribution in [0, 0.1) is 0 Å². The summed E-state index contributed by atoms with van der Waals surface area (Å²) in [7, 11) is 0. The van der Waals surface area contributed by atoms with Crippen LogP contribution in [0.3, 0.4) is 0 Å². The molecule has 47 heavy (non-hydrogen) atoms. The molecule has 6 rings (SSSR count). The van der Waals surface area contributed by atoms with Gasteiger partial charge in [-0.15, -0.1) is 0 Å². The van der Waals surface area contributed by atoms with Gasteiger partial charge in [0.1, 0.15) is 12.7 Å². The molecule has 6 heterocycles. The fourth-order valence-corrected chi connectivity index (χ4v) is 4.42. The molecule has 1 aliphatic rings. The zero-order chi connectivity index (χ0) is 32.8. The van der Waals surface area contributed by atoms with Crippen LogP contribution in [0.4, 0.5) is 0 Å². The minimum absolute atomic E-state index is 0.170. The Balaban J connectivity index is 1.38. The highest BCUT2D eigenvalue weighted by Gasteiger charge is 2.55. The maximum absolute atomic E-state index is 13.2. The monoisotopic (exact) mass is 650 g/mol. The Kier molecular flexibility index (Phi) is 9.01. The maximum Gasteiger partial charge on any atom is 0.376 e. The molecule has 0 N–H and O–H groups in total. The van der Waals surface area contributed by atoms with E-state index in [0.29, 0.717) is 0 Å². The molecule has 0 aliphatic carbocycles. The zero-order valence-corrected chi connectivity index (χ0v) is 23.8. The van der Waals surface area contributed by atoms with Gasteiger partial charge in [0.15, 0.2) is 12.2 Å². The number of carbonyl (C=O) groups excluding carboxylic acids is 5. The van der Waals surface area contributed by atoms with Gasteiger partial charge in [-0.3, -0.25) is 0 Å². The molecule has 16 nitrogen and oxygen atoms in total. The van der Waals surface area contributed by atoms with Crippen molar-refractivity contribution in [2.24, 2.45) is 0 Å². The summed E-state index contributed by atoms with van der Waals surface area (Å²) in [4.78, 5) is 65.2. The lowest BCUT2D eigenvalue weighted by Crippen LogP contribution is -2.63. The summed E-state index contributed by atoms with van der Waals surface area (Å²) in [5.74, 6) is -6.53. The highest BCUT2D eigenvalue weighted by atomic mass is 16.8. The van der Waals surface area contributed by atoms with Gasteiger partial charge in [-0.25, -0.2) is 24.0 Å². The van der Waals surface area contributed by atoms with Gasteiger partial charge in [0, 0.05) is 0 Å². The highest BCUT2D eigenvalue weighted by Crippen LogP contribution is 2.32. The largest absolute Gasteiger partial charge is 0.457 e. The fourth-order valence-electron chi connectivity index (χ4n) is 4.42. The van der Waals surface area contributed by atoms with Crippen LogP contribution in [0.5, 0.6) is 0 Å². The third kappa shape index (κ3) is 7.02. The number of esters is 5. The third-order valence-electron chi connectivity index (χ3n) is 6.53. The van der Waals surface area contributed by atoms with E-state index in [9.17, 15) is 24.0 Å². The van der Waals surface area contributed by atoms with Crippen LogP contribution in [0.15, 0.2) is 114 Å². The first-order valence-electron chi connectivity index (χ1n) is 13.7. The maximum atomic E-state index is 13.2. The second kappa shape index (κ2) is 13.8. The summed E-state index contributed by atoms with van der Waals surface area (Å²) in [6.45, 7) is -0.682. The molecule has 0 radical (unpaired) electrons. The van der Waals surface area contributed by atoms with Crippen molar-refractivity contribution >= 4 is 29.8 Å². The van der Waals surface area contributed by atoms with Gasteiger partial charge < -0.3 is 50.5 Å². The molecule has 1 saturated heterocycles. The smallest absolute Gasteiger partial charge is 0.376 e. The molecule has 0 aromatic carbocycles. The molecule has 5 aromatic rings. The summed E-state index contributed by atoms with van der Waals surface area (Å²) in [5, 5.41) is 0. The predicted molar refractivity (Wildman–Crippen MR) is 146 cm³/mol. The van der Waals surface area contributed by atoms with E-state index >= 15 is 0 Å². The Hall–Kier alpha value is -6.29. The molecule has 0 spiro atoms. The number of hydrogen-bond acceptors (Lipinski definition) is 16. The quantitative estimate of drug-likeness (QED) is 0.146. The summed E-state index contributed by atoms with van der Waals surface area (Å²) in [5.41, 5.74) is 0. The molecule has 0 bridgehead atoms. The van der Waals surface area contributed by atoms with E-state index in [0.717, 1.165) is 0 Å². The van der Waals surface area contributed by atoms with Gasteiger partial charge in [-0.1, -0.05) is 0 Å². The van der Waals surface area contributed by atoms with E-state index < -0.39 is 67.2 Å². The second-order valence-corrected chi connectivity index (χ2v) is 9.54. The first-order chi connectivity index (χ1) is 22.9. The predicted octanol–water partition coefficient (Wildman–Crippen LogP) is 4.07. The summed E-state index contributed by atoms with van der Waals surface area (Å²) < 4.78 is 59.4. The summed E-state index contributed by atoms with van der Waals surface area (Å²) >= 11 is 0. The number of furan rings is 5. The van der Waals surface area contributed by atoms with E-state index in [2.05, 4.69) is 0 Å². The molecule has 1 fully saturated rings. The van der Waals surface area contributed by atoms with Crippen LogP contribution < -0.4 is 0 Å². The lowest BCUT2D eigenvalue weighted by Gasteiger charge is -2.43. The third-order valence-corrected chi connectivity index (χ3v) is 6.53. The number of hydrogen-bond donors (Lipinski definition) is 0. The van der Waals surface area contributed by atoms with Crippen LogP contribution in [0.25, 0.3) is 0 Å².